The second-order valence-electron chi connectivity index (χ2n) is 3.05. The van der Waals surface area contributed by atoms with Crippen molar-refractivity contribution in [1.82, 2.24) is 4.98 Å². The van der Waals surface area contributed by atoms with Crippen molar-refractivity contribution in [1.29, 1.82) is 0 Å². The van der Waals surface area contributed by atoms with Crippen LogP contribution in [0.3, 0.4) is 0 Å². The zero-order valence-electron chi connectivity index (χ0n) is 7.41. The Morgan fingerprint density at radius 1 is 1.62 bits per heavy atom. The van der Waals surface area contributed by atoms with Crippen LogP contribution >= 0.6 is 15.9 Å². The topological polar surface area (TPSA) is 50.2 Å². The summed E-state index contributed by atoms with van der Waals surface area (Å²) in [4.78, 5) is 14.8. The molecule has 3 nitrogen and oxygen atoms in total. The van der Waals surface area contributed by atoms with E-state index in [1.54, 1.807) is 6.07 Å². The van der Waals surface area contributed by atoms with Gasteiger partial charge in [-0.3, -0.25) is 4.98 Å². The van der Waals surface area contributed by atoms with E-state index in [1.165, 1.54) is 6.20 Å². The number of halogens is 1. The van der Waals surface area contributed by atoms with Gasteiger partial charge >= 0.3 is 5.97 Å². The van der Waals surface area contributed by atoms with Gasteiger partial charge in [0.2, 0.25) is 0 Å². The highest BCUT2D eigenvalue weighted by atomic mass is 79.9. The zero-order chi connectivity index (χ0) is 10.0. The first-order valence-corrected chi connectivity index (χ1v) is 4.70. The highest BCUT2D eigenvalue weighted by Crippen LogP contribution is 2.20. The van der Waals surface area contributed by atoms with Crippen LogP contribution < -0.4 is 0 Å². The summed E-state index contributed by atoms with van der Waals surface area (Å²) in [6.45, 7) is 3.95. The molecular formula is C9H10BrNO2. The van der Waals surface area contributed by atoms with Crippen molar-refractivity contribution in [3.8, 4) is 0 Å². The number of rotatable bonds is 2. The lowest BCUT2D eigenvalue weighted by Gasteiger charge is -2.05. The van der Waals surface area contributed by atoms with Crippen LogP contribution in [-0.4, -0.2) is 16.1 Å². The number of aromatic nitrogens is 1. The smallest absolute Gasteiger partial charge is 0.336 e. The standard InChI is InChI=1S/C9H10BrNO2/c1-5(2)8-3-6(9(12)13)7(10)4-11-8/h3-5H,1-2H3,(H,12,13). The first-order chi connectivity index (χ1) is 6.02. The van der Waals surface area contributed by atoms with E-state index in [1.807, 2.05) is 13.8 Å². The molecule has 0 aliphatic heterocycles. The van der Waals surface area contributed by atoms with E-state index < -0.39 is 5.97 Å². The lowest BCUT2D eigenvalue weighted by Crippen LogP contribution is -2.02. The van der Waals surface area contributed by atoms with Crippen molar-refractivity contribution in [3.05, 3.63) is 28.0 Å². The minimum absolute atomic E-state index is 0.242. The van der Waals surface area contributed by atoms with E-state index in [0.717, 1.165) is 5.69 Å². The van der Waals surface area contributed by atoms with Gasteiger partial charge in [0.1, 0.15) is 0 Å². The van der Waals surface area contributed by atoms with E-state index in [0.29, 0.717) is 4.47 Å². The van der Waals surface area contributed by atoms with Gasteiger partial charge in [0.05, 0.1) is 10.0 Å². The first-order valence-electron chi connectivity index (χ1n) is 3.91. The molecule has 0 aromatic carbocycles. The minimum Gasteiger partial charge on any atom is -0.478 e. The average Bonchev–Trinajstić information content (AvgIpc) is 2.04. The fourth-order valence-corrected chi connectivity index (χ4v) is 1.32. The summed E-state index contributed by atoms with van der Waals surface area (Å²) in [6, 6.07) is 1.59. The van der Waals surface area contributed by atoms with Crippen molar-refractivity contribution in [2.24, 2.45) is 0 Å². The van der Waals surface area contributed by atoms with Crippen LogP contribution in [0.25, 0.3) is 0 Å². The summed E-state index contributed by atoms with van der Waals surface area (Å²) >= 11 is 3.14. The predicted octanol–water partition coefficient (Wildman–Crippen LogP) is 2.67. The Bertz CT molecular complexity index is 336. The molecule has 4 heteroatoms. The molecule has 0 saturated carbocycles. The number of pyridine rings is 1. The zero-order valence-corrected chi connectivity index (χ0v) is 9.00. The molecule has 0 aliphatic rings. The van der Waals surface area contributed by atoms with Gasteiger partial charge in [-0.15, -0.1) is 0 Å². The molecule has 70 valence electrons. The summed E-state index contributed by atoms with van der Waals surface area (Å²) in [6.07, 6.45) is 1.53. The summed E-state index contributed by atoms with van der Waals surface area (Å²) in [5, 5.41) is 8.81. The van der Waals surface area contributed by atoms with Gasteiger partial charge in [-0.1, -0.05) is 13.8 Å². The maximum absolute atomic E-state index is 10.7. The van der Waals surface area contributed by atoms with Crippen molar-refractivity contribution in [3.63, 3.8) is 0 Å². The van der Waals surface area contributed by atoms with Gasteiger partial charge in [0, 0.05) is 11.9 Å². The van der Waals surface area contributed by atoms with Gasteiger partial charge < -0.3 is 5.11 Å². The van der Waals surface area contributed by atoms with Crippen LogP contribution in [0.2, 0.25) is 0 Å². The average molecular weight is 244 g/mol. The molecule has 1 heterocycles. The number of carbonyl (C=O) groups is 1. The third-order valence-electron chi connectivity index (χ3n) is 1.70. The first kappa shape index (κ1) is 10.2. The lowest BCUT2D eigenvalue weighted by molar-refractivity contribution is 0.0695. The Labute approximate surface area is 84.9 Å². The van der Waals surface area contributed by atoms with Crippen LogP contribution in [0.4, 0.5) is 0 Å². The van der Waals surface area contributed by atoms with Crippen molar-refractivity contribution >= 4 is 21.9 Å². The molecule has 0 amide bonds. The number of aromatic carboxylic acids is 1. The Kier molecular flexibility index (Phi) is 3.03. The number of hydrogen-bond acceptors (Lipinski definition) is 2. The molecule has 1 aromatic rings. The number of hydrogen-bond donors (Lipinski definition) is 1. The maximum atomic E-state index is 10.7. The van der Waals surface area contributed by atoms with E-state index in [2.05, 4.69) is 20.9 Å². The highest BCUT2D eigenvalue weighted by molar-refractivity contribution is 9.10. The molecule has 1 rings (SSSR count). The lowest BCUT2D eigenvalue weighted by atomic mass is 10.1. The minimum atomic E-state index is -0.934. The molecule has 0 spiro atoms. The van der Waals surface area contributed by atoms with E-state index in [9.17, 15) is 4.79 Å². The summed E-state index contributed by atoms with van der Waals surface area (Å²) in [5.74, 6) is -0.692. The summed E-state index contributed by atoms with van der Waals surface area (Å²) in [5.41, 5.74) is 1.05. The van der Waals surface area contributed by atoms with Gasteiger partial charge in [0.25, 0.3) is 0 Å². The largest absolute Gasteiger partial charge is 0.478 e. The normalized spacial score (nSPS) is 10.5. The predicted molar refractivity (Wildman–Crippen MR) is 53.0 cm³/mol. The molecule has 0 fully saturated rings. The molecule has 0 bridgehead atoms. The summed E-state index contributed by atoms with van der Waals surface area (Å²) < 4.78 is 0.518. The maximum Gasteiger partial charge on any atom is 0.336 e. The second kappa shape index (κ2) is 3.87. The molecule has 1 aromatic heterocycles. The van der Waals surface area contributed by atoms with Crippen molar-refractivity contribution in [2.75, 3.05) is 0 Å². The molecule has 1 N–H and O–H groups in total. The molecular weight excluding hydrogens is 234 g/mol. The van der Waals surface area contributed by atoms with E-state index >= 15 is 0 Å². The Morgan fingerprint density at radius 2 is 2.23 bits per heavy atom. The molecule has 0 saturated heterocycles. The van der Waals surface area contributed by atoms with E-state index in [4.69, 9.17) is 5.11 Å². The SMILES string of the molecule is CC(C)c1cc(C(=O)O)c(Br)cn1. The molecule has 0 unspecified atom stereocenters. The molecule has 0 radical (unpaired) electrons. The molecule has 13 heavy (non-hydrogen) atoms. The van der Waals surface area contributed by atoms with Crippen molar-refractivity contribution < 1.29 is 9.90 Å². The fourth-order valence-electron chi connectivity index (χ4n) is 0.934. The van der Waals surface area contributed by atoms with Crippen LogP contribution in [0.15, 0.2) is 16.7 Å². The quantitative estimate of drug-likeness (QED) is 0.869. The van der Waals surface area contributed by atoms with Gasteiger partial charge in [-0.25, -0.2) is 4.79 Å². The van der Waals surface area contributed by atoms with Crippen LogP contribution in [-0.2, 0) is 0 Å². The third-order valence-corrected chi connectivity index (χ3v) is 2.33. The van der Waals surface area contributed by atoms with Gasteiger partial charge in [-0.05, 0) is 27.9 Å². The molecule has 0 aliphatic carbocycles. The Morgan fingerprint density at radius 3 is 2.69 bits per heavy atom. The number of carboxylic acid groups (broad SMARTS) is 1. The van der Waals surface area contributed by atoms with Crippen LogP contribution in [0.1, 0.15) is 35.8 Å². The second-order valence-corrected chi connectivity index (χ2v) is 3.90. The highest BCUT2D eigenvalue weighted by Gasteiger charge is 2.11. The Balaban J connectivity index is 3.19. The monoisotopic (exact) mass is 243 g/mol. The third kappa shape index (κ3) is 2.28. The van der Waals surface area contributed by atoms with E-state index in [-0.39, 0.29) is 11.5 Å². The van der Waals surface area contributed by atoms with Gasteiger partial charge in [0.15, 0.2) is 0 Å². The van der Waals surface area contributed by atoms with Crippen LogP contribution in [0.5, 0.6) is 0 Å². The molecule has 0 atom stereocenters. The number of nitrogens with zero attached hydrogens (tertiary/aromatic N) is 1. The summed E-state index contributed by atoms with van der Waals surface area (Å²) in [7, 11) is 0. The van der Waals surface area contributed by atoms with Crippen molar-refractivity contribution in [2.45, 2.75) is 19.8 Å². The number of carboxylic acids is 1. The fraction of sp³-hybridized carbons (Fsp3) is 0.333. The van der Waals surface area contributed by atoms with Crippen LogP contribution in [0, 0.1) is 0 Å². The Hall–Kier alpha value is -0.900. The van der Waals surface area contributed by atoms with Gasteiger partial charge in [-0.2, -0.15) is 0 Å².